The van der Waals surface area contributed by atoms with Crippen molar-refractivity contribution in [2.75, 3.05) is 19.0 Å². The fourth-order valence-corrected chi connectivity index (χ4v) is 4.37. The minimum atomic E-state index is -1.11. The van der Waals surface area contributed by atoms with Crippen LogP contribution in [0.4, 0.5) is 0 Å². The van der Waals surface area contributed by atoms with Crippen LogP contribution in [0.2, 0.25) is 0 Å². The zero-order valence-corrected chi connectivity index (χ0v) is 18.9. The number of carbonyl (C=O) groups is 2. The molecule has 0 aliphatic carbocycles. The summed E-state index contributed by atoms with van der Waals surface area (Å²) in [5.41, 5.74) is 1.37. The highest BCUT2D eigenvalue weighted by Gasteiger charge is 2.22. The maximum absolute atomic E-state index is 12.3. The van der Waals surface area contributed by atoms with Gasteiger partial charge in [-0.1, -0.05) is 36.0 Å². The molecule has 1 heterocycles. The molecule has 0 bridgehead atoms. The normalized spacial score (nSPS) is 11.7. The molecule has 0 spiro atoms. The first-order chi connectivity index (χ1) is 15.0. The zero-order chi connectivity index (χ0) is 22.4. The molecule has 10 heteroatoms. The second-order valence-electron chi connectivity index (χ2n) is 6.33. The number of rotatable bonds is 8. The first kappa shape index (κ1) is 22.8. The molecule has 0 fully saturated rings. The molecule has 1 atom stereocenters. The van der Waals surface area contributed by atoms with E-state index in [-0.39, 0.29) is 12.4 Å². The molecule has 160 valence electrons. The summed E-state index contributed by atoms with van der Waals surface area (Å²) in [7, 11) is 0. The van der Waals surface area contributed by atoms with Gasteiger partial charge < -0.3 is 15.2 Å². The monoisotopic (exact) mass is 502 g/mol. The molecule has 0 radical (unpaired) electrons. The van der Waals surface area contributed by atoms with Crippen molar-refractivity contribution in [3.63, 3.8) is 0 Å². The second kappa shape index (κ2) is 10.4. The number of hydrogen-bond acceptors (Lipinski definition) is 7. The topological polar surface area (TPSA) is 117 Å². The van der Waals surface area contributed by atoms with E-state index in [0.717, 1.165) is 16.5 Å². The molecular formula is C21H19BrN4O4S. The lowest BCUT2D eigenvalue weighted by molar-refractivity contribution is -0.148. The average molecular weight is 503 g/mol. The third kappa shape index (κ3) is 5.07. The number of ether oxygens (including phenoxy) is 1. The highest BCUT2D eigenvalue weighted by molar-refractivity contribution is 9.10. The maximum Gasteiger partial charge on any atom is 0.331 e. The third-order valence-electron chi connectivity index (χ3n) is 4.37. The molecule has 0 aliphatic heterocycles. The van der Waals surface area contributed by atoms with Crippen molar-refractivity contribution in [2.24, 2.45) is 0 Å². The number of thioether (sulfide) groups is 1. The van der Waals surface area contributed by atoms with Crippen molar-refractivity contribution in [1.29, 1.82) is 5.26 Å². The van der Waals surface area contributed by atoms with Crippen molar-refractivity contribution >= 4 is 50.3 Å². The van der Waals surface area contributed by atoms with Gasteiger partial charge in [-0.2, -0.15) is 5.26 Å². The van der Waals surface area contributed by atoms with Gasteiger partial charge >= 0.3 is 5.97 Å². The molecule has 8 nitrogen and oxygen atoms in total. The van der Waals surface area contributed by atoms with Gasteiger partial charge in [-0.3, -0.25) is 9.36 Å². The number of amides is 1. The second-order valence-corrected chi connectivity index (χ2v) is 8.09. The van der Waals surface area contributed by atoms with Crippen LogP contribution in [0.1, 0.15) is 12.5 Å². The molecule has 0 saturated heterocycles. The van der Waals surface area contributed by atoms with Gasteiger partial charge in [-0.05, 0) is 35.0 Å². The van der Waals surface area contributed by atoms with E-state index in [0.29, 0.717) is 15.3 Å². The lowest BCUT2D eigenvalue weighted by Crippen LogP contribution is -2.45. The Balaban J connectivity index is 1.83. The van der Waals surface area contributed by atoms with Crippen molar-refractivity contribution < 1.29 is 19.4 Å². The standard InChI is InChI=1S/C21H19BrN4O4S/c1-2-30-20(29)16(11-27)25-19(28)12-31-21-24-10-18(22)26(21)17-8-7-13(9-23)14-5-3-4-6-15(14)17/h3-8,10,16,27H,2,11-12H2,1H3,(H,25,28). The number of aromatic nitrogens is 2. The van der Waals surface area contributed by atoms with Crippen LogP contribution in [-0.2, 0) is 14.3 Å². The van der Waals surface area contributed by atoms with E-state index in [1.54, 1.807) is 19.2 Å². The first-order valence-corrected chi connectivity index (χ1v) is 11.1. The highest BCUT2D eigenvalue weighted by Crippen LogP contribution is 2.32. The van der Waals surface area contributed by atoms with Crippen molar-refractivity contribution in [3.05, 3.63) is 52.8 Å². The van der Waals surface area contributed by atoms with Crippen molar-refractivity contribution in [3.8, 4) is 11.8 Å². The van der Waals surface area contributed by atoms with Crippen LogP contribution >= 0.6 is 27.7 Å². The smallest absolute Gasteiger partial charge is 0.331 e. The van der Waals surface area contributed by atoms with E-state index in [1.165, 1.54) is 11.8 Å². The number of aliphatic hydroxyl groups excluding tert-OH is 1. The van der Waals surface area contributed by atoms with Gasteiger partial charge in [0, 0.05) is 10.8 Å². The number of fused-ring (bicyclic) bond motifs is 1. The number of nitriles is 1. The van der Waals surface area contributed by atoms with Gasteiger partial charge in [0.1, 0.15) is 4.60 Å². The molecule has 0 aliphatic rings. The summed E-state index contributed by atoms with van der Waals surface area (Å²) in [5, 5.41) is 23.4. The Morgan fingerprint density at radius 3 is 2.74 bits per heavy atom. The van der Waals surface area contributed by atoms with Crippen LogP contribution in [0.25, 0.3) is 16.5 Å². The van der Waals surface area contributed by atoms with Gasteiger partial charge in [-0.15, -0.1) is 0 Å². The van der Waals surface area contributed by atoms with E-state index in [1.807, 2.05) is 34.9 Å². The minimum Gasteiger partial charge on any atom is -0.464 e. The molecule has 1 unspecified atom stereocenters. The summed E-state index contributed by atoms with van der Waals surface area (Å²) in [5.74, 6) is -1.14. The summed E-state index contributed by atoms with van der Waals surface area (Å²) in [6, 6.07) is 12.2. The number of carbonyl (C=O) groups excluding carboxylic acids is 2. The molecule has 2 N–H and O–H groups in total. The Kier molecular flexibility index (Phi) is 7.68. The number of halogens is 1. The molecule has 3 rings (SSSR count). The fourth-order valence-electron chi connectivity index (χ4n) is 3.00. The van der Waals surface area contributed by atoms with E-state index >= 15 is 0 Å². The number of nitrogens with one attached hydrogen (secondary N) is 1. The average Bonchev–Trinajstić information content (AvgIpc) is 3.15. The predicted molar refractivity (Wildman–Crippen MR) is 120 cm³/mol. The Hall–Kier alpha value is -2.87. The molecule has 0 saturated carbocycles. The van der Waals surface area contributed by atoms with Crippen LogP contribution in [-0.4, -0.2) is 51.5 Å². The fraction of sp³-hybridized carbons (Fsp3) is 0.238. The van der Waals surface area contributed by atoms with Crippen LogP contribution < -0.4 is 5.32 Å². The van der Waals surface area contributed by atoms with Crippen molar-refractivity contribution in [1.82, 2.24) is 14.9 Å². The molecule has 2 aromatic carbocycles. The zero-order valence-electron chi connectivity index (χ0n) is 16.5. The Labute approximate surface area is 191 Å². The largest absolute Gasteiger partial charge is 0.464 e. The number of imidazole rings is 1. The van der Waals surface area contributed by atoms with Gasteiger partial charge in [0.15, 0.2) is 11.2 Å². The molecular weight excluding hydrogens is 484 g/mol. The number of esters is 1. The summed E-state index contributed by atoms with van der Waals surface area (Å²) < 4.78 is 7.36. The van der Waals surface area contributed by atoms with Crippen LogP contribution in [0.5, 0.6) is 0 Å². The SMILES string of the molecule is CCOC(=O)C(CO)NC(=O)CSc1ncc(Br)n1-c1ccc(C#N)c2ccccc12. The summed E-state index contributed by atoms with van der Waals surface area (Å²) >= 11 is 4.68. The predicted octanol–water partition coefficient (Wildman–Crippen LogP) is 2.79. The summed E-state index contributed by atoms with van der Waals surface area (Å²) in [6.07, 6.45) is 1.63. The van der Waals surface area contributed by atoms with Crippen molar-refractivity contribution in [2.45, 2.75) is 18.1 Å². The molecule has 1 aromatic heterocycles. The first-order valence-electron chi connectivity index (χ1n) is 9.35. The van der Waals surface area contributed by atoms with Crippen LogP contribution in [0, 0.1) is 11.3 Å². The molecule has 31 heavy (non-hydrogen) atoms. The summed E-state index contributed by atoms with van der Waals surface area (Å²) in [6.45, 7) is 1.26. The van der Waals surface area contributed by atoms with Gasteiger partial charge in [0.25, 0.3) is 0 Å². The Morgan fingerprint density at radius 1 is 1.32 bits per heavy atom. The van der Waals surface area contributed by atoms with E-state index < -0.39 is 24.5 Å². The lowest BCUT2D eigenvalue weighted by atomic mass is 10.0. The number of aliphatic hydroxyl groups is 1. The molecule has 1 amide bonds. The van der Waals surface area contributed by atoms with Gasteiger partial charge in [-0.25, -0.2) is 9.78 Å². The Bertz CT molecular complexity index is 1160. The minimum absolute atomic E-state index is 0.0203. The van der Waals surface area contributed by atoms with E-state index in [9.17, 15) is 20.0 Å². The highest BCUT2D eigenvalue weighted by atomic mass is 79.9. The quantitative estimate of drug-likeness (QED) is 0.359. The van der Waals surface area contributed by atoms with Gasteiger partial charge in [0.2, 0.25) is 5.91 Å². The van der Waals surface area contributed by atoms with E-state index in [4.69, 9.17) is 4.74 Å². The molecule has 3 aromatic rings. The lowest BCUT2D eigenvalue weighted by Gasteiger charge is -2.15. The van der Waals surface area contributed by atoms with E-state index in [2.05, 4.69) is 32.3 Å². The Morgan fingerprint density at radius 2 is 2.06 bits per heavy atom. The summed E-state index contributed by atoms with van der Waals surface area (Å²) in [4.78, 5) is 28.4. The number of benzene rings is 2. The number of nitrogens with zero attached hydrogens (tertiary/aromatic N) is 3. The number of hydrogen-bond donors (Lipinski definition) is 2. The maximum atomic E-state index is 12.3. The van der Waals surface area contributed by atoms with Gasteiger partial charge in [0.05, 0.1) is 42.5 Å². The van der Waals surface area contributed by atoms with Crippen LogP contribution in [0.15, 0.2) is 52.4 Å². The van der Waals surface area contributed by atoms with Crippen LogP contribution in [0.3, 0.4) is 0 Å². The third-order valence-corrected chi connectivity index (χ3v) is 5.88.